The quantitative estimate of drug-likeness (QED) is 0.230. The van der Waals surface area contributed by atoms with E-state index in [0.717, 1.165) is 16.7 Å². The van der Waals surface area contributed by atoms with Crippen LogP contribution in [0.3, 0.4) is 0 Å². The summed E-state index contributed by atoms with van der Waals surface area (Å²) < 4.78 is 11.6. The molecule has 1 amide bonds. The molecule has 38 heavy (non-hydrogen) atoms. The Morgan fingerprint density at radius 2 is 1.66 bits per heavy atom. The number of esters is 1. The van der Waals surface area contributed by atoms with Gasteiger partial charge in [0.05, 0.1) is 30.5 Å². The van der Waals surface area contributed by atoms with Crippen molar-refractivity contribution < 1.29 is 19.1 Å². The molecule has 0 saturated heterocycles. The number of carbonyl (C=O) groups excluding carboxylic acids is 2. The van der Waals surface area contributed by atoms with Crippen LogP contribution in [0.4, 0.5) is 10.5 Å². The van der Waals surface area contributed by atoms with Crippen LogP contribution in [0.5, 0.6) is 0 Å². The number of carbonyl (C=O) groups is 2. The van der Waals surface area contributed by atoms with Crippen LogP contribution >= 0.6 is 23.2 Å². The molecule has 0 spiro atoms. The Balaban J connectivity index is 1.65. The van der Waals surface area contributed by atoms with Crippen LogP contribution < -0.4 is 4.90 Å². The van der Waals surface area contributed by atoms with Gasteiger partial charge < -0.3 is 14.0 Å². The van der Waals surface area contributed by atoms with Gasteiger partial charge >= 0.3 is 12.1 Å². The summed E-state index contributed by atoms with van der Waals surface area (Å²) in [4.78, 5) is 29.8. The van der Waals surface area contributed by atoms with Crippen molar-refractivity contribution in [3.8, 4) is 11.3 Å². The largest absolute Gasteiger partial charge is 0.465 e. The van der Waals surface area contributed by atoms with E-state index in [-0.39, 0.29) is 5.97 Å². The SMILES string of the molecule is COC(=O)c1ccc(Cn2cc(-c3ccc(Cl)cc3Cl)nc2/C=C/c2ccc(N(C)C(=O)OC)cc2)cc1. The smallest absolute Gasteiger partial charge is 0.413 e. The zero-order chi connectivity index (χ0) is 27.2. The van der Waals surface area contributed by atoms with Crippen LogP contribution in [0, 0.1) is 0 Å². The lowest BCUT2D eigenvalue weighted by Crippen LogP contribution is -2.25. The van der Waals surface area contributed by atoms with Gasteiger partial charge in [-0.2, -0.15) is 0 Å². The monoisotopic (exact) mass is 549 g/mol. The second kappa shape index (κ2) is 12.0. The fourth-order valence-electron chi connectivity index (χ4n) is 3.80. The van der Waals surface area contributed by atoms with Crippen molar-refractivity contribution in [2.24, 2.45) is 0 Å². The van der Waals surface area contributed by atoms with Gasteiger partial charge in [0, 0.05) is 36.1 Å². The van der Waals surface area contributed by atoms with Gasteiger partial charge in [0.2, 0.25) is 0 Å². The highest BCUT2D eigenvalue weighted by atomic mass is 35.5. The Morgan fingerprint density at radius 1 is 0.947 bits per heavy atom. The van der Waals surface area contributed by atoms with Gasteiger partial charge in [0.25, 0.3) is 0 Å². The summed E-state index contributed by atoms with van der Waals surface area (Å²) in [5, 5.41) is 1.05. The van der Waals surface area contributed by atoms with Crippen molar-refractivity contribution in [2.45, 2.75) is 6.54 Å². The number of halogens is 2. The molecule has 0 atom stereocenters. The van der Waals surface area contributed by atoms with E-state index < -0.39 is 6.09 Å². The van der Waals surface area contributed by atoms with E-state index in [1.165, 1.54) is 19.1 Å². The minimum Gasteiger partial charge on any atom is -0.465 e. The van der Waals surface area contributed by atoms with Crippen LogP contribution in [-0.2, 0) is 16.0 Å². The standard InChI is InChI=1S/C29H25Cl2N3O4/c1-33(29(36)38-3)23-12-6-19(7-13-23)8-15-27-32-26(24-14-11-22(30)16-25(24)31)18-34(27)17-20-4-9-21(10-5-20)28(35)37-2/h4-16,18H,17H2,1-3H3/b15-8+. The third-order valence-corrected chi connectivity index (χ3v) is 6.44. The Kier molecular flexibility index (Phi) is 8.51. The topological polar surface area (TPSA) is 73.7 Å². The Hall–Kier alpha value is -4.07. The molecule has 0 bridgehead atoms. The summed E-state index contributed by atoms with van der Waals surface area (Å²) in [5.41, 5.74) is 4.57. The van der Waals surface area contributed by atoms with Crippen molar-refractivity contribution in [2.75, 3.05) is 26.2 Å². The number of nitrogens with zero attached hydrogens (tertiary/aromatic N) is 3. The summed E-state index contributed by atoms with van der Waals surface area (Å²) in [6, 6.07) is 20.0. The van der Waals surface area contributed by atoms with Gasteiger partial charge in [-0.15, -0.1) is 0 Å². The molecule has 0 aliphatic rings. The van der Waals surface area contributed by atoms with E-state index in [4.69, 9.17) is 37.7 Å². The first-order chi connectivity index (χ1) is 18.3. The molecule has 194 valence electrons. The van der Waals surface area contributed by atoms with E-state index in [1.807, 2.05) is 65.4 Å². The summed E-state index contributed by atoms with van der Waals surface area (Å²) in [5.74, 6) is 0.324. The van der Waals surface area contributed by atoms with E-state index in [9.17, 15) is 9.59 Å². The van der Waals surface area contributed by atoms with Gasteiger partial charge in [0.1, 0.15) is 5.82 Å². The molecule has 7 nitrogen and oxygen atoms in total. The van der Waals surface area contributed by atoms with Crippen molar-refractivity contribution in [3.05, 3.63) is 105 Å². The number of aromatic nitrogens is 2. The second-order valence-electron chi connectivity index (χ2n) is 8.38. The third kappa shape index (κ3) is 6.25. The first-order valence-electron chi connectivity index (χ1n) is 11.6. The van der Waals surface area contributed by atoms with Crippen LogP contribution in [-0.4, -0.2) is 42.9 Å². The first-order valence-corrected chi connectivity index (χ1v) is 12.3. The number of imidazole rings is 1. The zero-order valence-electron chi connectivity index (χ0n) is 21.0. The minimum atomic E-state index is -0.441. The molecule has 0 fully saturated rings. The van der Waals surface area contributed by atoms with Crippen LogP contribution in [0.1, 0.15) is 27.3 Å². The molecule has 0 aliphatic carbocycles. The van der Waals surface area contributed by atoms with Crippen molar-refractivity contribution in [3.63, 3.8) is 0 Å². The number of ether oxygens (including phenoxy) is 2. The maximum absolute atomic E-state index is 11.8. The Labute approximate surface area is 230 Å². The van der Waals surface area contributed by atoms with Crippen LogP contribution in [0.2, 0.25) is 10.0 Å². The fourth-order valence-corrected chi connectivity index (χ4v) is 4.31. The molecule has 0 saturated carbocycles. The lowest BCUT2D eigenvalue weighted by molar-refractivity contribution is 0.0600. The van der Waals surface area contributed by atoms with Gasteiger partial charge in [-0.25, -0.2) is 14.6 Å². The number of rotatable bonds is 7. The van der Waals surface area contributed by atoms with Gasteiger partial charge in [0.15, 0.2) is 0 Å². The summed E-state index contributed by atoms with van der Waals surface area (Å²) in [7, 11) is 4.35. The molecule has 4 rings (SSSR count). The van der Waals surface area contributed by atoms with Gasteiger partial charge in [-0.05, 0) is 59.7 Å². The molecule has 0 N–H and O–H groups in total. The number of hydrogen-bond acceptors (Lipinski definition) is 5. The molecule has 4 aromatic rings. The van der Waals surface area contributed by atoms with E-state index >= 15 is 0 Å². The Morgan fingerprint density at radius 3 is 2.29 bits per heavy atom. The highest BCUT2D eigenvalue weighted by Crippen LogP contribution is 2.30. The third-order valence-electron chi connectivity index (χ3n) is 5.90. The normalized spacial score (nSPS) is 11.0. The average Bonchev–Trinajstić information content (AvgIpc) is 3.33. The predicted molar refractivity (Wildman–Crippen MR) is 151 cm³/mol. The first kappa shape index (κ1) is 27.0. The average molecular weight is 550 g/mol. The number of benzene rings is 3. The molecule has 0 aliphatic heterocycles. The molecule has 1 aromatic heterocycles. The summed E-state index contributed by atoms with van der Waals surface area (Å²) in [6.07, 6.45) is 5.34. The van der Waals surface area contributed by atoms with E-state index in [1.54, 1.807) is 31.3 Å². The van der Waals surface area contributed by atoms with Crippen molar-refractivity contribution in [1.29, 1.82) is 0 Å². The number of amides is 1. The molecular formula is C29H25Cl2N3O4. The van der Waals surface area contributed by atoms with Gasteiger partial charge in [-0.1, -0.05) is 53.5 Å². The zero-order valence-corrected chi connectivity index (χ0v) is 22.5. The predicted octanol–water partition coefficient (Wildman–Crippen LogP) is 7.06. The maximum atomic E-state index is 11.8. The van der Waals surface area contributed by atoms with Gasteiger partial charge in [-0.3, -0.25) is 4.90 Å². The van der Waals surface area contributed by atoms with Crippen LogP contribution in [0.15, 0.2) is 72.9 Å². The van der Waals surface area contributed by atoms with E-state index in [2.05, 4.69) is 0 Å². The number of methoxy groups -OCH3 is 2. The minimum absolute atomic E-state index is 0.383. The molecular weight excluding hydrogens is 525 g/mol. The summed E-state index contributed by atoms with van der Waals surface area (Å²) in [6.45, 7) is 0.516. The highest BCUT2D eigenvalue weighted by molar-refractivity contribution is 6.36. The maximum Gasteiger partial charge on any atom is 0.413 e. The molecule has 0 unspecified atom stereocenters. The molecule has 9 heteroatoms. The summed E-state index contributed by atoms with van der Waals surface area (Å²) >= 11 is 12.5. The molecule has 0 radical (unpaired) electrons. The van der Waals surface area contributed by atoms with Crippen molar-refractivity contribution in [1.82, 2.24) is 9.55 Å². The highest BCUT2D eigenvalue weighted by Gasteiger charge is 2.13. The molecule has 3 aromatic carbocycles. The lowest BCUT2D eigenvalue weighted by atomic mass is 10.1. The van der Waals surface area contributed by atoms with Crippen molar-refractivity contribution >= 4 is 53.1 Å². The van der Waals surface area contributed by atoms with Crippen LogP contribution in [0.25, 0.3) is 23.4 Å². The fraction of sp³-hybridized carbons (Fsp3) is 0.138. The second-order valence-corrected chi connectivity index (χ2v) is 9.22. The lowest BCUT2D eigenvalue weighted by Gasteiger charge is -2.15. The van der Waals surface area contributed by atoms with E-state index in [0.29, 0.717) is 39.4 Å². The number of hydrogen-bond donors (Lipinski definition) is 0. The molecule has 1 heterocycles. The Bertz CT molecular complexity index is 1480. The number of anilines is 1.